The molecule has 134 valence electrons. The van der Waals surface area contributed by atoms with Crippen LogP contribution in [0, 0.1) is 10.1 Å². The van der Waals surface area contributed by atoms with Gasteiger partial charge < -0.3 is 4.74 Å². The number of hydrogen-bond acceptors (Lipinski definition) is 5. The van der Waals surface area contributed by atoms with Gasteiger partial charge in [-0.05, 0) is 38.1 Å². The summed E-state index contributed by atoms with van der Waals surface area (Å²) in [6, 6.07) is 9.48. The van der Waals surface area contributed by atoms with Crippen LogP contribution in [0.25, 0.3) is 10.8 Å². The Balaban J connectivity index is 1.71. The highest BCUT2D eigenvalue weighted by Crippen LogP contribution is 2.54. The number of nitro groups is 1. The number of imide groups is 1. The van der Waals surface area contributed by atoms with Gasteiger partial charge >= 0.3 is 0 Å². The van der Waals surface area contributed by atoms with E-state index in [9.17, 15) is 19.7 Å². The molecule has 3 aliphatic heterocycles. The number of fused-ring (bicyclic) bond motifs is 5. The number of benzene rings is 2. The molecule has 0 aromatic heterocycles. The zero-order chi connectivity index (χ0) is 19.1. The Kier molecular flexibility index (Phi) is 2.76. The van der Waals surface area contributed by atoms with E-state index >= 15 is 0 Å². The van der Waals surface area contributed by atoms with Gasteiger partial charge in [0.2, 0.25) is 0 Å². The van der Waals surface area contributed by atoms with E-state index in [1.165, 1.54) is 12.1 Å². The minimum Gasteiger partial charge on any atom is -0.351 e. The number of nitrogens with zero attached hydrogens (tertiary/aromatic N) is 2. The van der Waals surface area contributed by atoms with Crippen molar-refractivity contribution in [3.8, 4) is 0 Å². The van der Waals surface area contributed by atoms with Crippen LogP contribution < -0.4 is 4.90 Å². The molecule has 0 aliphatic carbocycles. The third-order valence-corrected chi connectivity index (χ3v) is 5.54. The van der Waals surface area contributed by atoms with Crippen molar-refractivity contribution in [2.24, 2.45) is 0 Å². The van der Waals surface area contributed by atoms with Crippen LogP contribution in [0.15, 0.2) is 59.7 Å². The minimum absolute atomic E-state index is 0.0714. The molecule has 7 heteroatoms. The Morgan fingerprint density at radius 1 is 0.926 bits per heavy atom. The number of hydrogen-bond donors (Lipinski definition) is 0. The molecule has 2 bridgehead atoms. The number of nitro benzene ring substituents is 1. The molecule has 27 heavy (non-hydrogen) atoms. The van der Waals surface area contributed by atoms with Crippen LogP contribution in [0.1, 0.15) is 13.8 Å². The smallest absolute Gasteiger partial charge is 0.277 e. The molecule has 7 nitrogen and oxygen atoms in total. The first-order valence-electron chi connectivity index (χ1n) is 8.47. The van der Waals surface area contributed by atoms with E-state index in [1.807, 2.05) is 0 Å². The molecule has 0 spiro atoms. The quantitative estimate of drug-likeness (QED) is 0.354. The molecule has 2 amide bonds. The van der Waals surface area contributed by atoms with Crippen LogP contribution in [-0.4, -0.2) is 27.9 Å². The van der Waals surface area contributed by atoms with Gasteiger partial charge in [-0.3, -0.25) is 19.7 Å². The van der Waals surface area contributed by atoms with E-state index in [1.54, 1.807) is 50.3 Å². The summed E-state index contributed by atoms with van der Waals surface area (Å²) >= 11 is 0. The van der Waals surface area contributed by atoms with Crippen molar-refractivity contribution in [3.63, 3.8) is 0 Å². The largest absolute Gasteiger partial charge is 0.351 e. The maximum Gasteiger partial charge on any atom is 0.277 e. The molecule has 5 rings (SSSR count). The summed E-state index contributed by atoms with van der Waals surface area (Å²) in [7, 11) is 0. The van der Waals surface area contributed by atoms with Crippen molar-refractivity contribution in [1.29, 1.82) is 0 Å². The molecule has 0 fully saturated rings. The van der Waals surface area contributed by atoms with Gasteiger partial charge in [0.05, 0.1) is 27.1 Å². The predicted molar refractivity (Wildman–Crippen MR) is 97.2 cm³/mol. The van der Waals surface area contributed by atoms with E-state index in [-0.39, 0.29) is 5.69 Å². The predicted octanol–water partition coefficient (Wildman–Crippen LogP) is 3.04. The summed E-state index contributed by atoms with van der Waals surface area (Å²) in [5, 5.41) is 12.2. The van der Waals surface area contributed by atoms with Crippen LogP contribution in [0.2, 0.25) is 0 Å². The van der Waals surface area contributed by atoms with Gasteiger partial charge in [0, 0.05) is 11.5 Å². The average molecular weight is 362 g/mol. The molecule has 0 saturated carbocycles. The molecule has 2 aromatic carbocycles. The van der Waals surface area contributed by atoms with Crippen molar-refractivity contribution >= 4 is 34.0 Å². The van der Waals surface area contributed by atoms with Gasteiger partial charge in [-0.15, -0.1) is 0 Å². The number of carbonyl (C=O) groups excluding carboxylic acids is 2. The van der Waals surface area contributed by atoms with Gasteiger partial charge in [-0.25, -0.2) is 4.90 Å². The number of non-ortho nitro benzene ring substituents is 1. The van der Waals surface area contributed by atoms with Gasteiger partial charge in [0.1, 0.15) is 11.2 Å². The van der Waals surface area contributed by atoms with Crippen LogP contribution in [0.4, 0.5) is 11.4 Å². The SMILES string of the molecule is CC12C=CC(C)(O1)C1=C2C(=O)N(c2ccc([N+](=O)[O-])c3ccccc23)C1=O. The number of rotatable bonds is 2. The van der Waals surface area contributed by atoms with E-state index < -0.39 is 27.9 Å². The first kappa shape index (κ1) is 15.9. The normalized spacial score (nSPS) is 28.6. The Morgan fingerprint density at radius 3 is 2.04 bits per heavy atom. The van der Waals surface area contributed by atoms with Crippen LogP contribution >= 0.6 is 0 Å². The fourth-order valence-corrected chi connectivity index (χ4v) is 4.39. The van der Waals surface area contributed by atoms with Crippen molar-refractivity contribution < 1.29 is 19.2 Å². The third-order valence-electron chi connectivity index (χ3n) is 5.54. The zero-order valence-corrected chi connectivity index (χ0v) is 14.6. The van der Waals surface area contributed by atoms with Crippen LogP contribution in [-0.2, 0) is 14.3 Å². The second kappa shape index (κ2) is 4.69. The molecule has 2 atom stereocenters. The fraction of sp³-hybridized carbons (Fsp3) is 0.200. The lowest BCUT2D eigenvalue weighted by molar-refractivity contribution is -0.383. The highest BCUT2D eigenvalue weighted by molar-refractivity contribution is 6.36. The lowest BCUT2D eigenvalue weighted by atomic mass is 9.85. The summed E-state index contributed by atoms with van der Waals surface area (Å²) < 4.78 is 5.93. The lowest BCUT2D eigenvalue weighted by Gasteiger charge is -2.27. The third kappa shape index (κ3) is 1.79. The van der Waals surface area contributed by atoms with Crippen LogP contribution in [0.3, 0.4) is 0 Å². The monoisotopic (exact) mass is 362 g/mol. The molecule has 3 heterocycles. The molecular weight excluding hydrogens is 348 g/mol. The Labute approximate surface area is 153 Å². The standard InChI is InChI=1S/C20H14N2O5/c1-19-9-10-20(2,27-19)16-15(19)17(23)21(18(16)24)13-7-8-14(22(25)26)12-6-4-3-5-11(12)13/h3-10H,1-2H3. The summed E-state index contributed by atoms with van der Waals surface area (Å²) in [5.41, 5.74) is -0.894. The Bertz CT molecular complexity index is 1120. The topological polar surface area (TPSA) is 89.8 Å². The molecule has 2 unspecified atom stereocenters. The van der Waals surface area contributed by atoms with Gasteiger partial charge in [0.25, 0.3) is 17.5 Å². The molecule has 0 saturated heterocycles. The minimum atomic E-state index is -0.928. The second-order valence-electron chi connectivity index (χ2n) is 7.25. The summed E-state index contributed by atoms with van der Waals surface area (Å²) in [6.45, 7) is 3.53. The fourth-order valence-electron chi connectivity index (χ4n) is 4.39. The lowest BCUT2D eigenvalue weighted by Crippen LogP contribution is -2.40. The number of ether oxygens (including phenoxy) is 1. The Hall–Kier alpha value is -3.32. The van der Waals surface area contributed by atoms with Gasteiger partial charge in [-0.1, -0.05) is 18.2 Å². The van der Waals surface area contributed by atoms with E-state index in [0.29, 0.717) is 27.6 Å². The highest BCUT2D eigenvalue weighted by atomic mass is 16.6. The van der Waals surface area contributed by atoms with Crippen LogP contribution in [0.5, 0.6) is 0 Å². The zero-order valence-electron chi connectivity index (χ0n) is 14.6. The maximum absolute atomic E-state index is 13.2. The maximum atomic E-state index is 13.2. The summed E-state index contributed by atoms with van der Waals surface area (Å²) in [5.74, 6) is -0.880. The Morgan fingerprint density at radius 2 is 1.48 bits per heavy atom. The van der Waals surface area contributed by atoms with E-state index in [0.717, 1.165) is 4.90 Å². The number of amides is 2. The molecule has 0 N–H and O–H groups in total. The van der Waals surface area contributed by atoms with Crippen molar-refractivity contribution in [3.05, 3.63) is 69.8 Å². The van der Waals surface area contributed by atoms with Crippen molar-refractivity contribution in [1.82, 2.24) is 0 Å². The van der Waals surface area contributed by atoms with Crippen molar-refractivity contribution in [2.45, 2.75) is 25.0 Å². The van der Waals surface area contributed by atoms with E-state index in [4.69, 9.17) is 4.74 Å². The first-order valence-corrected chi connectivity index (χ1v) is 8.47. The average Bonchev–Trinajstić information content (AvgIpc) is 3.18. The summed E-state index contributed by atoms with van der Waals surface area (Å²) in [6.07, 6.45) is 3.60. The summed E-state index contributed by atoms with van der Waals surface area (Å²) in [4.78, 5) is 38.4. The van der Waals surface area contributed by atoms with Crippen molar-refractivity contribution in [2.75, 3.05) is 4.90 Å². The number of anilines is 1. The molecule has 2 aromatic rings. The van der Waals surface area contributed by atoms with Gasteiger partial charge in [0.15, 0.2) is 0 Å². The number of carbonyl (C=O) groups is 2. The molecule has 3 aliphatic rings. The molecule has 0 radical (unpaired) electrons. The highest BCUT2D eigenvalue weighted by Gasteiger charge is 2.62. The molecular formula is C20H14N2O5. The second-order valence-corrected chi connectivity index (χ2v) is 7.25. The van der Waals surface area contributed by atoms with E-state index in [2.05, 4.69) is 0 Å². The van der Waals surface area contributed by atoms with Gasteiger partial charge in [-0.2, -0.15) is 0 Å². The first-order chi connectivity index (χ1) is 12.8.